The fourth-order valence-corrected chi connectivity index (χ4v) is 2.21. The van der Waals surface area contributed by atoms with Crippen LogP contribution in [-0.2, 0) is 10.0 Å². The van der Waals surface area contributed by atoms with Gasteiger partial charge in [0.05, 0.1) is 23.6 Å². The molecule has 1 rings (SSSR count). The highest BCUT2D eigenvalue weighted by molar-refractivity contribution is 7.89. The molecule has 1 atom stereocenters. The molecule has 0 heterocycles. The van der Waals surface area contributed by atoms with Crippen molar-refractivity contribution >= 4 is 10.0 Å². The van der Waals surface area contributed by atoms with Gasteiger partial charge in [0.2, 0.25) is 10.0 Å². The van der Waals surface area contributed by atoms with E-state index < -0.39 is 15.6 Å². The van der Waals surface area contributed by atoms with Crippen LogP contribution in [0.15, 0.2) is 29.2 Å². The summed E-state index contributed by atoms with van der Waals surface area (Å²) in [6, 6.07) is 5.99. The number of rotatable bonds is 6. The molecule has 0 aliphatic rings. The monoisotopic (exact) mass is 288 g/mol. The molecular formula is C12H20N2O4S. The third kappa shape index (κ3) is 4.26. The Labute approximate surface area is 113 Å². The Balaban J connectivity index is 2.87. The molecule has 1 aromatic carbocycles. The van der Waals surface area contributed by atoms with Gasteiger partial charge in [-0.25, -0.2) is 13.6 Å². The predicted molar refractivity (Wildman–Crippen MR) is 71.9 cm³/mol. The van der Waals surface area contributed by atoms with Crippen LogP contribution < -0.4 is 10.5 Å². The molecule has 0 amide bonds. The van der Waals surface area contributed by atoms with Gasteiger partial charge in [0, 0.05) is 6.04 Å². The summed E-state index contributed by atoms with van der Waals surface area (Å²) in [7, 11) is -3.69. The molecule has 0 aliphatic carbocycles. The van der Waals surface area contributed by atoms with Gasteiger partial charge in [0.25, 0.3) is 0 Å². The van der Waals surface area contributed by atoms with E-state index in [1.807, 2.05) is 6.92 Å². The highest BCUT2D eigenvalue weighted by atomic mass is 32.2. The number of aliphatic hydroxyl groups excluding tert-OH is 2. The normalized spacial score (nSPS) is 14.4. The van der Waals surface area contributed by atoms with E-state index in [-0.39, 0.29) is 24.2 Å². The zero-order valence-electron chi connectivity index (χ0n) is 11.0. The molecule has 0 bridgehead atoms. The first-order valence-electron chi connectivity index (χ1n) is 5.84. The van der Waals surface area contributed by atoms with Gasteiger partial charge in [0.15, 0.2) is 0 Å². The molecule has 5 N–H and O–H groups in total. The van der Waals surface area contributed by atoms with E-state index in [4.69, 9.17) is 5.14 Å². The largest absolute Gasteiger partial charge is 0.394 e. The van der Waals surface area contributed by atoms with Gasteiger partial charge in [-0.3, -0.25) is 0 Å². The van der Waals surface area contributed by atoms with E-state index in [1.165, 1.54) is 12.1 Å². The summed E-state index contributed by atoms with van der Waals surface area (Å²) in [5.41, 5.74) is 0.0402. The van der Waals surface area contributed by atoms with Gasteiger partial charge in [0.1, 0.15) is 0 Å². The number of aliphatic hydroxyl groups is 2. The third-order valence-corrected chi connectivity index (χ3v) is 3.90. The van der Waals surface area contributed by atoms with Crippen molar-refractivity contribution < 1.29 is 18.6 Å². The first-order chi connectivity index (χ1) is 8.72. The van der Waals surface area contributed by atoms with Crippen LogP contribution in [0.3, 0.4) is 0 Å². The highest BCUT2D eigenvalue weighted by Crippen LogP contribution is 2.18. The lowest BCUT2D eigenvalue weighted by Crippen LogP contribution is -2.49. The highest BCUT2D eigenvalue weighted by Gasteiger charge is 2.24. The molecule has 108 valence electrons. The molecule has 0 aromatic heterocycles. The Kier molecular flexibility index (Phi) is 5.05. The molecule has 0 fully saturated rings. The van der Waals surface area contributed by atoms with Crippen molar-refractivity contribution in [2.45, 2.75) is 30.3 Å². The summed E-state index contributed by atoms with van der Waals surface area (Å²) in [5, 5.41) is 26.5. The van der Waals surface area contributed by atoms with Gasteiger partial charge < -0.3 is 15.5 Å². The van der Waals surface area contributed by atoms with Gasteiger partial charge in [-0.05, 0) is 31.5 Å². The van der Waals surface area contributed by atoms with Crippen molar-refractivity contribution in [1.82, 2.24) is 5.32 Å². The molecule has 0 saturated heterocycles. The first kappa shape index (κ1) is 16.1. The second-order valence-corrected chi connectivity index (χ2v) is 6.42. The minimum atomic E-state index is -3.69. The van der Waals surface area contributed by atoms with E-state index >= 15 is 0 Å². The van der Waals surface area contributed by atoms with Crippen molar-refractivity contribution in [3.8, 4) is 0 Å². The Bertz CT molecular complexity index is 509. The number of primary sulfonamides is 1. The van der Waals surface area contributed by atoms with Crippen LogP contribution in [0.1, 0.15) is 25.5 Å². The maximum atomic E-state index is 11.1. The molecule has 1 aromatic rings. The molecule has 19 heavy (non-hydrogen) atoms. The molecule has 0 radical (unpaired) electrons. The van der Waals surface area contributed by atoms with E-state index in [0.29, 0.717) is 0 Å². The van der Waals surface area contributed by atoms with E-state index in [2.05, 4.69) is 5.32 Å². The number of nitrogens with two attached hydrogens (primary N) is 1. The van der Waals surface area contributed by atoms with Gasteiger partial charge in [-0.15, -0.1) is 0 Å². The maximum absolute atomic E-state index is 11.1. The topological polar surface area (TPSA) is 113 Å². The van der Waals surface area contributed by atoms with Crippen molar-refractivity contribution in [1.29, 1.82) is 0 Å². The van der Waals surface area contributed by atoms with E-state index in [0.717, 1.165) is 5.56 Å². The SMILES string of the molecule is CC(NC(C)(CO)CO)c1ccc(S(N)(=O)=O)cc1. The summed E-state index contributed by atoms with van der Waals surface area (Å²) in [4.78, 5) is 0.0514. The zero-order valence-corrected chi connectivity index (χ0v) is 11.8. The minimum Gasteiger partial charge on any atom is -0.394 e. The number of hydrogen-bond donors (Lipinski definition) is 4. The lowest BCUT2D eigenvalue weighted by molar-refractivity contribution is 0.0957. The fourth-order valence-electron chi connectivity index (χ4n) is 1.69. The van der Waals surface area contributed by atoms with Gasteiger partial charge in [-0.2, -0.15) is 0 Å². The summed E-state index contributed by atoms with van der Waals surface area (Å²) >= 11 is 0. The molecule has 0 spiro atoms. The van der Waals surface area contributed by atoms with Crippen LogP contribution in [0.4, 0.5) is 0 Å². The number of benzene rings is 1. The van der Waals surface area contributed by atoms with Crippen molar-refractivity contribution in [3.05, 3.63) is 29.8 Å². The molecule has 1 unspecified atom stereocenters. The van der Waals surface area contributed by atoms with E-state index in [9.17, 15) is 18.6 Å². The minimum absolute atomic E-state index is 0.0514. The lowest BCUT2D eigenvalue weighted by Gasteiger charge is -2.30. The van der Waals surface area contributed by atoms with Gasteiger partial charge >= 0.3 is 0 Å². The van der Waals surface area contributed by atoms with Crippen LogP contribution in [0, 0.1) is 0 Å². The average Bonchev–Trinajstić information content (AvgIpc) is 2.37. The summed E-state index contributed by atoms with van der Waals surface area (Å²) in [5.74, 6) is 0. The molecule has 6 nitrogen and oxygen atoms in total. The van der Waals surface area contributed by atoms with Crippen LogP contribution in [-0.4, -0.2) is 37.4 Å². The Morgan fingerprint density at radius 3 is 2.11 bits per heavy atom. The number of hydrogen-bond acceptors (Lipinski definition) is 5. The zero-order chi connectivity index (χ0) is 14.7. The molecular weight excluding hydrogens is 268 g/mol. The standard InChI is InChI=1S/C12H20N2O4S/c1-9(14-12(2,7-15)8-16)10-3-5-11(6-4-10)19(13,17)18/h3-6,9,14-16H,7-8H2,1-2H3,(H2,13,17,18). The van der Waals surface area contributed by atoms with Crippen molar-refractivity contribution in [3.63, 3.8) is 0 Å². The fraction of sp³-hybridized carbons (Fsp3) is 0.500. The predicted octanol–water partition coefficient (Wildman–Crippen LogP) is -0.272. The van der Waals surface area contributed by atoms with Crippen molar-refractivity contribution in [2.24, 2.45) is 5.14 Å². The second kappa shape index (κ2) is 5.98. The van der Waals surface area contributed by atoms with Crippen molar-refractivity contribution in [2.75, 3.05) is 13.2 Å². The Morgan fingerprint density at radius 2 is 1.74 bits per heavy atom. The smallest absolute Gasteiger partial charge is 0.238 e. The summed E-state index contributed by atoms with van der Waals surface area (Å²) < 4.78 is 22.3. The van der Waals surface area contributed by atoms with Gasteiger partial charge in [-0.1, -0.05) is 12.1 Å². The second-order valence-electron chi connectivity index (χ2n) is 4.86. The Hall–Kier alpha value is -0.990. The average molecular weight is 288 g/mol. The van der Waals surface area contributed by atoms with Crippen LogP contribution in [0.2, 0.25) is 0 Å². The Morgan fingerprint density at radius 1 is 1.26 bits per heavy atom. The third-order valence-electron chi connectivity index (χ3n) is 2.97. The van der Waals surface area contributed by atoms with Crippen LogP contribution in [0.5, 0.6) is 0 Å². The first-order valence-corrected chi connectivity index (χ1v) is 7.39. The van der Waals surface area contributed by atoms with Crippen LogP contribution >= 0.6 is 0 Å². The quantitative estimate of drug-likeness (QED) is 0.575. The molecule has 0 saturated carbocycles. The number of sulfonamides is 1. The summed E-state index contributed by atoms with van der Waals surface area (Å²) in [6.07, 6.45) is 0. The summed E-state index contributed by atoms with van der Waals surface area (Å²) in [6.45, 7) is 3.14. The number of nitrogens with one attached hydrogen (secondary N) is 1. The lowest BCUT2D eigenvalue weighted by atomic mass is 10.0. The van der Waals surface area contributed by atoms with Crippen LogP contribution in [0.25, 0.3) is 0 Å². The van der Waals surface area contributed by atoms with E-state index in [1.54, 1.807) is 19.1 Å². The molecule has 0 aliphatic heterocycles. The molecule has 7 heteroatoms. The maximum Gasteiger partial charge on any atom is 0.238 e.